The van der Waals surface area contributed by atoms with E-state index in [-0.39, 0.29) is 0 Å². The van der Waals surface area contributed by atoms with Gasteiger partial charge in [0.15, 0.2) is 0 Å². The van der Waals surface area contributed by atoms with Crippen LogP contribution in [-0.4, -0.2) is 20.3 Å². The van der Waals surface area contributed by atoms with E-state index in [2.05, 4.69) is 46.9 Å². The van der Waals surface area contributed by atoms with Crippen molar-refractivity contribution in [1.82, 2.24) is 14.1 Å². The van der Waals surface area contributed by atoms with Crippen LogP contribution in [0.15, 0.2) is 53.6 Å². The lowest BCUT2D eigenvalue weighted by atomic mass is 10.2. The summed E-state index contributed by atoms with van der Waals surface area (Å²) in [6, 6.07) is 16.1. The van der Waals surface area contributed by atoms with Crippen molar-refractivity contribution in [2.45, 2.75) is 20.8 Å². The maximum Gasteiger partial charge on any atom is 0.224 e. The number of halogens is 1. The Balaban J connectivity index is 1.63. The van der Waals surface area contributed by atoms with Crippen molar-refractivity contribution < 1.29 is 0 Å². The van der Waals surface area contributed by atoms with Crippen LogP contribution in [0, 0.1) is 20.8 Å². The molecule has 2 heterocycles. The van der Waals surface area contributed by atoms with Crippen molar-refractivity contribution in [3.8, 4) is 5.69 Å². The Hall–Kier alpha value is -3.05. The van der Waals surface area contributed by atoms with Gasteiger partial charge >= 0.3 is 0 Å². The summed E-state index contributed by atoms with van der Waals surface area (Å²) < 4.78 is 4.20. The highest BCUT2D eigenvalue weighted by Crippen LogP contribution is 2.25. The minimum absolute atomic E-state index is 0.706. The molecule has 5 nitrogen and oxygen atoms in total. The molecule has 0 bridgehead atoms. The number of imidazole rings is 1. The van der Waals surface area contributed by atoms with Crippen molar-refractivity contribution in [1.29, 1.82) is 0 Å². The molecule has 0 aliphatic carbocycles. The van der Waals surface area contributed by atoms with Gasteiger partial charge in [-0.05, 0) is 56.7 Å². The van der Waals surface area contributed by atoms with Crippen LogP contribution >= 0.6 is 11.6 Å². The molecule has 0 spiro atoms. The Morgan fingerprint density at radius 1 is 1.07 bits per heavy atom. The minimum atomic E-state index is 0.706. The standard InChI is InChI=1S/C22H22ClN5/c1-14-9-10-18(23)12-21(14)28-15(2)11-17(16(28)3)13-24-26-22-25-19-7-5-6-8-20(19)27(22)4/h5-13H,1-4H3,(H,25,26)/b24-13-. The van der Waals surface area contributed by atoms with Gasteiger partial charge in [-0.1, -0.05) is 29.8 Å². The molecule has 0 amide bonds. The monoisotopic (exact) mass is 391 g/mol. The van der Waals surface area contributed by atoms with Crippen LogP contribution in [-0.2, 0) is 7.05 Å². The Kier molecular flexibility index (Phi) is 4.69. The van der Waals surface area contributed by atoms with Gasteiger partial charge in [0.25, 0.3) is 0 Å². The highest BCUT2D eigenvalue weighted by molar-refractivity contribution is 6.30. The average Bonchev–Trinajstić information content (AvgIpc) is 3.14. The molecule has 2 aromatic heterocycles. The summed E-state index contributed by atoms with van der Waals surface area (Å²) in [6.07, 6.45) is 1.83. The number of hydrogen-bond acceptors (Lipinski definition) is 3. The van der Waals surface area contributed by atoms with Crippen LogP contribution in [0.5, 0.6) is 0 Å². The SMILES string of the molecule is Cc1ccc(Cl)cc1-n1c(C)cc(/C=N\Nc2nc3ccccc3n2C)c1C. The van der Waals surface area contributed by atoms with Crippen molar-refractivity contribution in [3.05, 3.63) is 76.1 Å². The van der Waals surface area contributed by atoms with Crippen molar-refractivity contribution in [2.75, 3.05) is 5.43 Å². The number of hydrazone groups is 1. The van der Waals surface area contributed by atoms with Gasteiger partial charge in [-0.25, -0.2) is 10.4 Å². The zero-order valence-corrected chi connectivity index (χ0v) is 17.1. The summed E-state index contributed by atoms with van der Waals surface area (Å²) in [6.45, 7) is 6.26. The second-order valence-electron chi connectivity index (χ2n) is 6.95. The first-order valence-corrected chi connectivity index (χ1v) is 9.49. The van der Waals surface area contributed by atoms with Gasteiger partial charge in [-0.2, -0.15) is 5.10 Å². The maximum atomic E-state index is 6.22. The molecule has 6 heteroatoms. The van der Waals surface area contributed by atoms with Gasteiger partial charge in [0.05, 0.1) is 17.2 Å². The second kappa shape index (κ2) is 7.17. The van der Waals surface area contributed by atoms with Crippen LogP contribution in [0.25, 0.3) is 16.7 Å². The lowest BCUT2D eigenvalue weighted by Crippen LogP contribution is -2.02. The quantitative estimate of drug-likeness (QED) is 0.374. The first-order valence-electron chi connectivity index (χ1n) is 9.11. The Morgan fingerprint density at radius 2 is 1.86 bits per heavy atom. The topological polar surface area (TPSA) is 47.1 Å². The average molecular weight is 392 g/mol. The molecule has 0 fully saturated rings. The minimum Gasteiger partial charge on any atom is -0.318 e. The van der Waals surface area contributed by atoms with Crippen LogP contribution in [0.2, 0.25) is 5.02 Å². The summed E-state index contributed by atoms with van der Waals surface area (Å²) in [5.41, 5.74) is 10.6. The number of aryl methyl sites for hydroxylation is 3. The molecule has 0 aliphatic rings. The lowest BCUT2D eigenvalue weighted by molar-refractivity contribution is 0.942. The number of hydrogen-bond donors (Lipinski definition) is 1. The fraction of sp³-hybridized carbons (Fsp3) is 0.182. The maximum absolute atomic E-state index is 6.22. The number of fused-ring (bicyclic) bond motifs is 1. The number of benzene rings is 2. The molecular weight excluding hydrogens is 370 g/mol. The van der Waals surface area contributed by atoms with E-state index in [1.807, 2.05) is 60.3 Å². The largest absolute Gasteiger partial charge is 0.318 e. The first kappa shape index (κ1) is 18.3. The zero-order valence-electron chi connectivity index (χ0n) is 16.4. The van der Waals surface area contributed by atoms with Crippen LogP contribution in [0.3, 0.4) is 0 Å². The fourth-order valence-electron chi connectivity index (χ4n) is 3.52. The first-order chi connectivity index (χ1) is 13.5. The Bertz CT molecular complexity index is 1200. The molecule has 4 aromatic rings. The third-order valence-corrected chi connectivity index (χ3v) is 5.27. The normalized spacial score (nSPS) is 11.6. The molecule has 1 N–H and O–H groups in total. The summed E-state index contributed by atoms with van der Waals surface area (Å²) in [5, 5.41) is 5.15. The van der Waals surface area contributed by atoms with E-state index in [4.69, 9.17) is 11.6 Å². The smallest absolute Gasteiger partial charge is 0.224 e. The second-order valence-corrected chi connectivity index (χ2v) is 7.38. The number of aromatic nitrogens is 3. The molecule has 142 valence electrons. The fourth-order valence-corrected chi connectivity index (χ4v) is 3.68. The third kappa shape index (κ3) is 3.18. The van der Waals surface area contributed by atoms with E-state index in [0.717, 1.165) is 38.7 Å². The van der Waals surface area contributed by atoms with Crippen LogP contribution in [0.4, 0.5) is 5.95 Å². The molecular formula is C22H22ClN5. The Labute approximate surface area is 169 Å². The molecule has 0 saturated carbocycles. The van der Waals surface area contributed by atoms with E-state index in [1.165, 1.54) is 5.56 Å². The van der Waals surface area contributed by atoms with Crippen molar-refractivity contribution >= 4 is 34.8 Å². The van der Waals surface area contributed by atoms with Gasteiger partial charge in [-0.15, -0.1) is 0 Å². The van der Waals surface area contributed by atoms with Crippen molar-refractivity contribution in [2.24, 2.45) is 12.1 Å². The number of nitrogens with one attached hydrogen (secondary N) is 1. The summed E-state index contributed by atoms with van der Waals surface area (Å²) in [4.78, 5) is 4.58. The predicted octanol–water partition coefficient (Wildman–Crippen LogP) is 5.39. The van der Waals surface area contributed by atoms with Gasteiger partial charge in [0, 0.05) is 34.7 Å². The number of anilines is 1. The molecule has 2 aromatic carbocycles. The van der Waals surface area contributed by atoms with Crippen molar-refractivity contribution in [3.63, 3.8) is 0 Å². The number of rotatable bonds is 4. The van der Waals surface area contributed by atoms with E-state index in [9.17, 15) is 0 Å². The van der Waals surface area contributed by atoms with Gasteiger partial charge in [0.1, 0.15) is 0 Å². The zero-order chi connectivity index (χ0) is 19.8. The third-order valence-electron chi connectivity index (χ3n) is 5.04. The predicted molar refractivity (Wildman–Crippen MR) is 117 cm³/mol. The molecule has 0 saturated heterocycles. The van der Waals surface area contributed by atoms with E-state index < -0.39 is 0 Å². The highest BCUT2D eigenvalue weighted by Gasteiger charge is 2.12. The van der Waals surface area contributed by atoms with Gasteiger partial charge in [-0.3, -0.25) is 0 Å². The number of para-hydroxylation sites is 2. The highest BCUT2D eigenvalue weighted by atomic mass is 35.5. The van der Waals surface area contributed by atoms with Gasteiger partial charge in [0.2, 0.25) is 5.95 Å². The summed E-state index contributed by atoms with van der Waals surface area (Å²) in [5.74, 6) is 0.706. The van der Waals surface area contributed by atoms with Crippen LogP contribution < -0.4 is 5.43 Å². The molecule has 28 heavy (non-hydrogen) atoms. The van der Waals surface area contributed by atoms with E-state index >= 15 is 0 Å². The lowest BCUT2D eigenvalue weighted by Gasteiger charge is -2.13. The molecule has 0 aliphatic heterocycles. The Morgan fingerprint density at radius 3 is 2.64 bits per heavy atom. The van der Waals surface area contributed by atoms with E-state index in [1.54, 1.807) is 0 Å². The summed E-state index contributed by atoms with van der Waals surface area (Å²) in [7, 11) is 1.97. The summed E-state index contributed by atoms with van der Waals surface area (Å²) >= 11 is 6.22. The number of nitrogens with zero attached hydrogens (tertiary/aromatic N) is 4. The molecule has 0 atom stereocenters. The molecule has 0 unspecified atom stereocenters. The van der Waals surface area contributed by atoms with E-state index in [0.29, 0.717) is 5.95 Å². The van der Waals surface area contributed by atoms with Crippen LogP contribution in [0.1, 0.15) is 22.5 Å². The molecule has 4 rings (SSSR count). The van der Waals surface area contributed by atoms with Gasteiger partial charge < -0.3 is 9.13 Å². The molecule has 0 radical (unpaired) electrons.